The molecule has 0 fully saturated rings. The first-order valence-corrected chi connectivity index (χ1v) is 5.48. The molecule has 1 unspecified atom stereocenters. The summed E-state index contributed by atoms with van der Waals surface area (Å²) in [7, 11) is 0. The number of hydrogen-bond acceptors (Lipinski definition) is 3. The molecule has 0 saturated carbocycles. The third-order valence-corrected chi connectivity index (χ3v) is 2.50. The van der Waals surface area contributed by atoms with Gasteiger partial charge in [-0.1, -0.05) is 42.4 Å². The standard InChI is InChI=1S/C12H17N3O2/c1-2-10(9-6-4-3-5-7-9)12(16)14-8-11(13)15-17/h3-7,10,17H,2,8H2,1H3,(H2,13,15)(H,14,16). The number of rotatable bonds is 5. The molecule has 1 aromatic rings. The Labute approximate surface area is 100 Å². The van der Waals surface area contributed by atoms with Crippen molar-refractivity contribution in [3.63, 3.8) is 0 Å². The van der Waals surface area contributed by atoms with E-state index in [9.17, 15) is 4.79 Å². The van der Waals surface area contributed by atoms with Crippen molar-refractivity contribution in [2.45, 2.75) is 19.3 Å². The summed E-state index contributed by atoms with van der Waals surface area (Å²) >= 11 is 0. The third-order valence-electron chi connectivity index (χ3n) is 2.50. The predicted octanol–water partition coefficient (Wildman–Crippen LogP) is 1.04. The van der Waals surface area contributed by atoms with Gasteiger partial charge >= 0.3 is 0 Å². The van der Waals surface area contributed by atoms with Gasteiger partial charge in [0.25, 0.3) is 0 Å². The second-order valence-corrected chi connectivity index (χ2v) is 3.68. The minimum Gasteiger partial charge on any atom is -0.409 e. The molecule has 1 atom stereocenters. The van der Waals surface area contributed by atoms with Gasteiger partial charge in [-0.15, -0.1) is 0 Å². The topological polar surface area (TPSA) is 87.7 Å². The largest absolute Gasteiger partial charge is 0.409 e. The molecule has 0 saturated heterocycles. The normalized spacial score (nSPS) is 13.1. The molecule has 0 heterocycles. The Kier molecular flexibility index (Phi) is 5.00. The zero-order valence-corrected chi connectivity index (χ0v) is 9.76. The van der Waals surface area contributed by atoms with Crippen LogP contribution in [0.4, 0.5) is 0 Å². The zero-order valence-electron chi connectivity index (χ0n) is 9.76. The SMILES string of the molecule is CCC(C(=O)NC/C(N)=N/O)c1ccccc1. The van der Waals surface area contributed by atoms with Crippen LogP contribution in [-0.2, 0) is 4.79 Å². The van der Waals surface area contributed by atoms with Crippen molar-refractivity contribution in [1.29, 1.82) is 0 Å². The molecule has 0 bridgehead atoms. The minimum absolute atomic E-state index is 0.0127. The fourth-order valence-electron chi connectivity index (χ4n) is 1.59. The maximum atomic E-state index is 11.9. The number of amides is 1. The molecular formula is C12H17N3O2. The van der Waals surface area contributed by atoms with Crippen LogP contribution in [0.2, 0.25) is 0 Å². The summed E-state index contributed by atoms with van der Waals surface area (Å²) in [4.78, 5) is 11.9. The van der Waals surface area contributed by atoms with Crippen molar-refractivity contribution >= 4 is 11.7 Å². The Morgan fingerprint density at radius 2 is 2.12 bits per heavy atom. The fourth-order valence-corrected chi connectivity index (χ4v) is 1.59. The van der Waals surface area contributed by atoms with Crippen LogP contribution in [0, 0.1) is 0 Å². The number of carbonyl (C=O) groups is 1. The van der Waals surface area contributed by atoms with Crippen molar-refractivity contribution in [1.82, 2.24) is 5.32 Å². The van der Waals surface area contributed by atoms with Crippen molar-refractivity contribution in [3.05, 3.63) is 35.9 Å². The molecule has 92 valence electrons. The molecule has 0 aliphatic heterocycles. The molecule has 0 aliphatic rings. The average Bonchev–Trinajstić information content (AvgIpc) is 2.38. The molecule has 0 aromatic heterocycles. The number of benzene rings is 1. The number of nitrogens with two attached hydrogens (primary N) is 1. The first-order valence-electron chi connectivity index (χ1n) is 5.48. The quantitative estimate of drug-likeness (QED) is 0.308. The van der Waals surface area contributed by atoms with Crippen LogP contribution >= 0.6 is 0 Å². The van der Waals surface area contributed by atoms with E-state index in [0.29, 0.717) is 6.42 Å². The van der Waals surface area contributed by atoms with Gasteiger partial charge < -0.3 is 16.3 Å². The Morgan fingerprint density at radius 3 is 2.65 bits per heavy atom. The van der Waals surface area contributed by atoms with E-state index in [4.69, 9.17) is 10.9 Å². The van der Waals surface area contributed by atoms with E-state index in [-0.39, 0.29) is 24.2 Å². The van der Waals surface area contributed by atoms with Crippen LogP contribution in [0.5, 0.6) is 0 Å². The second-order valence-electron chi connectivity index (χ2n) is 3.68. The highest BCUT2D eigenvalue weighted by Crippen LogP contribution is 2.18. The summed E-state index contributed by atoms with van der Waals surface area (Å²) in [6.45, 7) is 2.00. The molecule has 5 heteroatoms. The van der Waals surface area contributed by atoms with Gasteiger partial charge in [0, 0.05) is 0 Å². The second kappa shape index (κ2) is 6.52. The zero-order chi connectivity index (χ0) is 12.7. The molecule has 0 radical (unpaired) electrons. The van der Waals surface area contributed by atoms with Crippen molar-refractivity contribution in [2.75, 3.05) is 6.54 Å². The summed E-state index contributed by atoms with van der Waals surface area (Å²) in [5.74, 6) is -0.339. The van der Waals surface area contributed by atoms with Crippen LogP contribution in [0.1, 0.15) is 24.8 Å². The summed E-state index contributed by atoms with van der Waals surface area (Å²) in [6, 6.07) is 9.53. The van der Waals surface area contributed by atoms with Gasteiger partial charge in [-0.2, -0.15) is 0 Å². The number of hydrogen-bond donors (Lipinski definition) is 3. The number of carbonyl (C=O) groups excluding carboxylic acids is 1. The highest BCUT2D eigenvalue weighted by molar-refractivity contribution is 5.89. The third kappa shape index (κ3) is 3.79. The van der Waals surface area contributed by atoms with E-state index < -0.39 is 0 Å². The van der Waals surface area contributed by atoms with E-state index in [0.717, 1.165) is 5.56 Å². The Hall–Kier alpha value is -2.04. The number of oxime groups is 1. The lowest BCUT2D eigenvalue weighted by atomic mass is 9.96. The lowest BCUT2D eigenvalue weighted by Crippen LogP contribution is -2.36. The van der Waals surface area contributed by atoms with E-state index in [1.54, 1.807) is 0 Å². The molecule has 0 spiro atoms. The summed E-state index contributed by atoms with van der Waals surface area (Å²) < 4.78 is 0. The average molecular weight is 235 g/mol. The Morgan fingerprint density at radius 1 is 1.47 bits per heavy atom. The molecule has 5 nitrogen and oxygen atoms in total. The van der Waals surface area contributed by atoms with E-state index in [1.807, 2.05) is 37.3 Å². The lowest BCUT2D eigenvalue weighted by molar-refractivity contribution is -0.122. The van der Waals surface area contributed by atoms with Crippen LogP contribution in [0.3, 0.4) is 0 Å². The fraction of sp³-hybridized carbons (Fsp3) is 0.333. The number of amidine groups is 1. The number of nitrogens with zero attached hydrogens (tertiary/aromatic N) is 1. The van der Waals surface area contributed by atoms with Crippen molar-refractivity contribution in [2.24, 2.45) is 10.9 Å². The molecule has 1 rings (SSSR count). The van der Waals surface area contributed by atoms with Gasteiger partial charge in [-0.3, -0.25) is 4.79 Å². The molecule has 4 N–H and O–H groups in total. The smallest absolute Gasteiger partial charge is 0.227 e. The van der Waals surface area contributed by atoms with Gasteiger partial charge in [0.2, 0.25) is 5.91 Å². The summed E-state index contributed by atoms with van der Waals surface area (Å²) in [5.41, 5.74) is 6.25. The van der Waals surface area contributed by atoms with Crippen LogP contribution in [0.25, 0.3) is 0 Å². The highest BCUT2D eigenvalue weighted by Gasteiger charge is 2.17. The van der Waals surface area contributed by atoms with Gasteiger partial charge in [0.05, 0.1) is 12.5 Å². The highest BCUT2D eigenvalue weighted by atomic mass is 16.4. The first kappa shape index (κ1) is 13.0. The summed E-state index contributed by atoms with van der Waals surface area (Å²) in [6.07, 6.45) is 0.700. The Balaban J connectivity index is 2.65. The van der Waals surface area contributed by atoms with Gasteiger partial charge in [-0.05, 0) is 12.0 Å². The van der Waals surface area contributed by atoms with Crippen LogP contribution in [0.15, 0.2) is 35.5 Å². The summed E-state index contributed by atoms with van der Waals surface area (Å²) in [5, 5.41) is 13.8. The lowest BCUT2D eigenvalue weighted by Gasteiger charge is -2.14. The monoisotopic (exact) mass is 235 g/mol. The van der Waals surface area contributed by atoms with Crippen LogP contribution in [-0.4, -0.2) is 23.5 Å². The molecule has 0 aliphatic carbocycles. The van der Waals surface area contributed by atoms with E-state index in [1.165, 1.54) is 0 Å². The maximum absolute atomic E-state index is 11.9. The van der Waals surface area contributed by atoms with Gasteiger partial charge in [0.1, 0.15) is 0 Å². The van der Waals surface area contributed by atoms with Crippen LogP contribution < -0.4 is 11.1 Å². The molecule has 1 aromatic carbocycles. The van der Waals surface area contributed by atoms with Gasteiger partial charge in [0.15, 0.2) is 5.84 Å². The van der Waals surface area contributed by atoms with Gasteiger partial charge in [-0.25, -0.2) is 0 Å². The molecule has 17 heavy (non-hydrogen) atoms. The molecule has 1 amide bonds. The van der Waals surface area contributed by atoms with E-state index in [2.05, 4.69) is 10.5 Å². The predicted molar refractivity (Wildman–Crippen MR) is 65.9 cm³/mol. The minimum atomic E-state index is -0.206. The van der Waals surface area contributed by atoms with Crippen molar-refractivity contribution < 1.29 is 10.0 Å². The first-order chi connectivity index (χ1) is 8.19. The molecular weight excluding hydrogens is 218 g/mol. The van der Waals surface area contributed by atoms with Crippen molar-refractivity contribution in [3.8, 4) is 0 Å². The Bertz CT molecular complexity index is 390. The maximum Gasteiger partial charge on any atom is 0.227 e. The number of nitrogens with one attached hydrogen (secondary N) is 1. The van der Waals surface area contributed by atoms with E-state index >= 15 is 0 Å².